The van der Waals surface area contributed by atoms with Crippen molar-refractivity contribution in [1.29, 1.82) is 0 Å². The number of hydrogen-bond acceptors (Lipinski definition) is 1. The third-order valence-corrected chi connectivity index (χ3v) is 17.1. The molecule has 0 amide bonds. The molecule has 12 aromatic rings. The Balaban J connectivity index is 1.15. The summed E-state index contributed by atoms with van der Waals surface area (Å²) < 4.78 is 11.2. The first-order valence-corrected chi connectivity index (χ1v) is 21.9. The van der Waals surface area contributed by atoms with Crippen LogP contribution >= 0.6 is 0 Å². The van der Waals surface area contributed by atoms with E-state index in [1.54, 1.807) is 0 Å². The number of para-hydroxylation sites is 4. The maximum absolute atomic E-state index is 6.38. The van der Waals surface area contributed by atoms with Crippen molar-refractivity contribution < 1.29 is 4.42 Å². The van der Waals surface area contributed by atoms with Crippen LogP contribution < -0.4 is 20.7 Å². The Morgan fingerprint density at radius 2 is 0.828 bits per heavy atom. The predicted octanol–water partition coefficient (Wildman–Crippen LogP) is 11.2. The fourth-order valence-corrected chi connectivity index (χ4v) is 14.8. The van der Waals surface area contributed by atoms with E-state index in [1.807, 2.05) is 6.07 Å². The number of hydrogen-bond donors (Lipinski definition) is 0. The zero-order valence-corrected chi connectivity index (χ0v) is 32.6. The van der Waals surface area contributed by atoms with Gasteiger partial charge in [0.15, 0.2) is 8.07 Å². The maximum atomic E-state index is 6.38. The van der Waals surface area contributed by atoms with Gasteiger partial charge in [0.2, 0.25) is 0 Å². The molecule has 12 rings (SSSR count). The molecule has 0 atom stereocenters. The Morgan fingerprint density at radius 3 is 1.53 bits per heavy atom. The second-order valence-corrected chi connectivity index (χ2v) is 19.0. The van der Waals surface area contributed by atoms with Gasteiger partial charge in [-0.2, -0.15) is 0 Å². The third kappa shape index (κ3) is 4.67. The second kappa shape index (κ2) is 12.8. The average Bonchev–Trinajstić information content (AvgIpc) is 3.95. The summed E-state index contributed by atoms with van der Waals surface area (Å²) in [6.45, 7) is 0. The molecule has 0 bridgehead atoms. The van der Waals surface area contributed by atoms with Crippen LogP contribution in [0.4, 0.5) is 0 Å². The number of benzene rings is 9. The highest BCUT2D eigenvalue weighted by atomic mass is 28.3. The van der Waals surface area contributed by atoms with Crippen molar-refractivity contribution in [3.05, 3.63) is 218 Å². The molecule has 0 N–H and O–H groups in total. The summed E-state index contributed by atoms with van der Waals surface area (Å²) in [4.78, 5) is 0. The molecule has 0 spiro atoms. The number of nitrogens with zero attached hydrogens (tertiary/aromatic N) is 2. The topological polar surface area (TPSA) is 23.0 Å². The molecule has 3 heterocycles. The first-order valence-electron chi connectivity index (χ1n) is 19.9. The molecule has 0 aliphatic carbocycles. The van der Waals surface area contributed by atoms with E-state index in [9.17, 15) is 0 Å². The van der Waals surface area contributed by atoms with Gasteiger partial charge in [-0.1, -0.05) is 158 Å². The van der Waals surface area contributed by atoms with Crippen LogP contribution in [0.1, 0.15) is 0 Å². The SMILES string of the molecule is c1ccc(-n2c3ccccc3c3c([Si](c4ccccc4)(c4ccccc4)c4ccc(-n5c6ccccc6c6cc7oc8ccccc8c7cc65)cc4)cccc32)cc1. The summed E-state index contributed by atoms with van der Waals surface area (Å²) in [5.41, 5.74) is 8.89. The van der Waals surface area contributed by atoms with Crippen molar-refractivity contribution in [2.24, 2.45) is 0 Å². The van der Waals surface area contributed by atoms with E-state index in [1.165, 1.54) is 64.4 Å². The van der Waals surface area contributed by atoms with Gasteiger partial charge in [-0.25, -0.2) is 0 Å². The summed E-state index contributed by atoms with van der Waals surface area (Å²) in [6, 6.07) is 80.4. The second-order valence-electron chi connectivity index (χ2n) is 15.2. The number of aromatic nitrogens is 2. The van der Waals surface area contributed by atoms with Crippen molar-refractivity contribution >= 4 is 94.4 Å². The minimum Gasteiger partial charge on any atom is -0.456 e. The fourth-order valence-electron chi connectivity index (χ4n) is 9.86. The normalized spacial score (nSPS) is 12.1. The van der Waals surface area contributed by atoms with E-state index in [4.69, 9.17) is 4.42 Å². The fraction of sp³-hybridized carbons (Fsp3) is 0. The van der Waals surface area contributed by atoms with Crippen LogP contribution in [0.5, 0.6) is 0 Å². The Labute approximate surface area is 336 Å². The molecule has 3 nitrogen and oxygen atoms in total. The quantitative estimate of drug-likeness (QED) is 0.122. The van der Waals surface area contributed by atoms with Crippen molar-refractivity contribution in [3.63, 3.8) is 0 Å². The van der Waals surface area contributed by atoms with Crippen LogP contribution in [0.3, 0.4) is 0 Å². The highest BCUT2D eigenvalue weighted by Gasteiger charge is 2.43. The molecule has 0 aliphatic rings. The van der Waals surface area contributed by atoms with Crippen molar-refractivity contribution in [3.8, 4) is 11.4 Å². The van der Waals surface area contributed by atoms with E-state index < -0.39 is 8.07 Å². The molecule has 3 aromatic heterocycles. The van der Waals surface area contributed by atoms with Crippen LogP contribution in [-0.2, 0) is 0 Å². The smallest absolute Gasteiger partial charge is 0.180 e. The molecule has 58 heavy (non-hydrogen) atoms. The highest BCUT2D eigenvalue weighted by molar-refractivity contribution is 7.20. The van der Waals surface area contributed by atoms with Gasteiger partial charge in [0.25, 0.3) is 0 Å². The van der Waals surface area contributed by atoms with Crippen LogP contribution in [0.2, 0.25) is 0 Å². The van der Waals surface area contributed by atoms with Gasteiger partial charge in [0.05, 0.1) is 22.1 Å². The van der Waals surface area contributed by atoms with Gasteiger partial charge in [-0.3, -0.25) is 0 Å². The lowest BCUT2D eigenvalue weighted by atomic mass is 10.1. The minimum atomic E-state index is -2.98. The van der Waals surface area contributed by atoms with Gasteiger partial charge in [-0.15, -0.1) is 0 Å². The molecular formula is C54H36N2OSi. The Hall–Kier alpha value is -7.40. The monoisotopic (exact) mass is 756 g/mol. The first-order chi connectivity index (χ1) is 28.8. The summed E-state index contributed by atoms with van der Waals surface area (Å²) in [7, 11) is -2.98. The molecule has 9 aromatic carbocycles. The van der Waals surface area contributed by atoms with Gasteiger partial charge >= 0.3 is 0 Å². The lowest BCUT2D eigenvalue weighted by molar-refractivity contribution is 0.669. The third-order valence-electron chi connectivity index (χ3n) is 12.3. The van der Waals surface area contributed by atoms with Gasteiger partial charge in [0, 0.05) is 43.7 Å². The Kier molecular flexibility index (Phi) is 7.25. The number of rotatable bonds is 6. The van der Waals surface area contributed by atoms with Gasteiger partial charge in [-0.05, 0) is 81.4 Å². The molecule has 0 unspecified atom stereocenters. The van der Waals surface area contributed by atoms with E-state index >= 15 is 0 Å². The minimum absolute atomic E-state index is 0.912. The van der Waals surface area contributed by atoms with Gasteiger partial charge < -0.3 is 13.6 Å². The maximum Gasteiger partial charge on any atom is 0.180 e. The van der Waals surface area contributed by atoms with Crippen LogP contribution in [-0.4, -0.2) is 17.2 Å². The predicted molar refractivity (Wildman–Crippen MR) is 246 cm³/mol. The average molecular weight is 757 g/mol. The first kappa shape index (κ1) is 32.8. The Bertz CT molecular complexity index is 3450. The molecule has 0 aliphatic heterocycles. The van der Waals surface area contributed by atoms with E-state index in [0.717, 1.165) is 33.3 Å². The largest absolute Gasteiger partial charge is 0.456 e. The zero-order valence-electron chi connectivity index (χ0n) is 31.6. The van der Waals surface area contributed by atoms with Gasteiger partial charge in [0.1, 0.15) is 11.2 Å². The Morgan fingerprint density at radius 1 is 0.310 bits per heavy atom. The summed E-state index contributed by atoms with van der Waals surface area (Å²) >= 11 is 0. The van der Waals surface area contributed by atoms with E-state index in [0.29, 0.717) is 0 Å². The lowest BCUT2D eigenvalue weighted by Gasteiger charge is -2.35. The molecular weight excluding hydrogens is 721 g/mol. The van der Waals surface area contributed by atoms with Crippen LogP contribution in [0.15, 0.2) is 223 Å². The lowest BCUT2D eigenvalue weighted by Crippen LogP contribution is -2.74. The summed E-state index contributed by atoms with van der Waals surface area (Å²) in [5.74, 6) is 0. The highest BCUT2D eigenvalue weighted by Crippen LogP contribution is 2.38. The molecule has 0 radical (unpaired) electrons. The van der Waals surface area contributed by atoms with Crippen molar-refractivity contribution in [1.82, 2.24) is 9.13 Å². The summed E-state index contributed by atoms with van der Waals surface area (Å²) in [6.07, 6.45) is 0. The molecule has 272 valence electrons. The number of fused-ring (bicyclic) bond motifs is 9. The molecule has 0 fully saturated rings. The van der Waals surface area contributed by atoms with Crippen molar-refractivity contribution in [2.45, 2.75) is 0 Å². The standard InChI is InChI=1S/C54H36N2OSi/c1-4-17-37(18-5-1)55-48-27-14-11-25-44(48)54-49(55)28-16-30-53(54)58(39-19-6-2-7-20-39,40-21-8-3-9-22-40)41-33-31-38(32-34-41)56-47-26-13-10-23-42(47)45-36-52-46(35-50(45)56)43-24-12-15-29-51(43)57-52/h1-36H. The van der Waals surface area contributed by atoms with Crippen LogP contribution in [0, 0.1) is 0 Å². The number of furan rings is 1. The van der Waals surface area contributed by atoms with Crippen LogP contribution in [0.25, 0.3) is 76.9 Å². The van der Waals surface area contributed by atoms with E-state index in [2.05, 4.69) is 221 Å². The molecule has 4 heteroatoms. The zero-order chi connectivity index (χ0) is 38.2. The molecule has 0 saturated carbocycles. The van der Waals surface area contributed by atoms with Crippen molar-refractivity contribution in [2.75, 3.05) is 0 Å². The molecule has 0 saturated heterocycles. The van der Waals surface area contributed by atoms with E-state index in [-0.39, 0.29) is 0 Å². The summed E-state index contributed by atoms with van der Waals surface area (Å²) in [5, 5.41) is 12.7.